The molecule has 194 valence electrons. The standard InChI is InChI=1S/C27H44O7/c1-4-5-6-7-8-9-10-11-12-13-14-15-16-17-18-20(25(29)30)22-23(28)26(31)33-24(22)21-19-32-27(2,3)34-21/h11-12,20-21,24,28H,4-10,13-19H2,1-3H3,(H,29,30)/b12-11-. The van der Waals surface area contributed by atoms with Gasteiger partial charge >= 0.3 is 11.9 Å². The van der Waals surface area contributed by atoms with E-state index in [1.807, 2.05) is 0 Å². The third-order valence-corrected chi connectivity index (χ3v) is 6.55. The van der Waals surface area contributed by atoms with Crippen LogP contribution in [0.2, 0.25) is 0 Å². The first-order valence-corrected chi connectivity index (χ1v) is 13.1. The Bertz CT molecular complexity index is 710. The highest BCUT2D eigenvalue weighted by Crippen LogP contribution is 2.37. The minimum Gasteiger partial charge on any atom is -0.502 e. The van der Waals surface area contributed by atoms with Gasteiger partial charge < -0.3 is 24.4 Å². The summed E-state index contributed by atoms with van der Waals surface area (Å²) in [5.74, 6) is -4.39. The van der Waals surface area contributed by atoms with Crippen molar-refractivity contribution in [3.8, 4) is 0 Å². The Morgan fingerprint density at radius 3 is 2.18 bits per heavy atom. The number of unbranched alkanes of at least 4 members (excludes halogenated alkanes) is 10. The van der Waals surface area contributed by atoms with Gasteiger partial charge in [0.25, 0.3) is 0 Å². The number of aliphatic hydroxyl groups excluding tert-OH is 1. The summed E-state index contributed by atoms with van der Waals surface area (Å²) in [5.41, 5.74) is 0.112. The van der Waals surface area contributed by atoms with Crippen molar-refractivity contribution in [1.82, 2.24) is 0 Å². The fourth-order valence-corrected chi connectivity index (χ4v) is 4.65. The van der Waals surface area contributed by atoms with Crippen LogP contribution in [-0.2, 0) is 23.8 Å². The lowest BCUT2D eigenvalue weighted by molar-refractivity contribution is -0.162. The number of ether oxygens (including phenoxy) is 3. The van der Waals surface area contributed by atoms with Gasteiger partial charge in [-0.3, -0.25) is 4.79 Å². The minimum absolute atomic E-state index is 0.112. The zero-order valence-corrected chi connectivity index (χ0v) is 21.2. The van der Waals surface area contributed by atoms with Crippen LogP contribution in [0.3, 0.4) is 0 Å². The molecule has 0 saturated carbocycles. The number of cyclic esters (lactones) is 1. The number of esters is 1. The Hall–Kier alpha value is -1.86. The molecule has 0 amide bonds. The summed E-state index contributed by atoms with van der Waals surface area (Å²) in [4.78, 5) is 24.0. The molecule has 2 rings (SSSR count). The molecule has 34 heavy (non-hydrogen) atoms. The fourth-order valence-electron chi connectivity index (χ4n) is 4.65. The molecule has 2 N–H and O–H groups in total. The first kappa shape index (κ1) is 28.4. The highest BCUT2D eigenvalue weighted by molar-refractivity contribution is 5.92. The van der Waals surface area contributed by atoms with E-state index in [0.717, 1.165) is 32.1 Å². The monoisotopic (exact) mass is 480 g/mol. The second-order valence-corrected chi connectivity index (χ2v) is 9.91. The van der Waals surface area contributed by atoms with Gasteiger partial charge in [0.05, 0.1) is 12.5 Å². The van der Waals surface area contributed by atoms with E-state index in [1.165, 1.54) is 38.5 Å². The Morgan fingerprint density at radius 1 is 1.03 bits per heavy atom. The molecule has 0 radical (unpaired) electrons. The average Bonchev–Trinajstić information content (AvgIpc) is 3.29. The Morgan fingerprint density at radius 2 is 1.62 bits per heavy atom. The number of carbonyl (C=O) groups excluding carboxylic acids is 1. The maximum atomic E-state index is 12.0. The van der Waals surface area contributed by atoms with Crippen molar-refractivity contribution in [3.63, 3.8) is 0 Å². The Balaban J connectivity index is 1.70. The fraction of sp³-hybridized carbons (Fsp3) is 0.778. The van der Waals surface area contributed by atoms with Crippen molar-refractivity contribution < 1.29 is 34.0 Å². The molecule has 0 aliphatic carbocycles. The number of carboxylic acid groups (broad SMARTS) is 1. The summed E-state index contributed by atoms with van der Waals surface area (Å²) in [6, 6.07) is 0. The van der Waals surface area contributed by atoms with E-state index in [1.54, 1.807) is 13.8 Å². The van der Waals surface area contributed by atoms with Crippen molar-refractivity contribution in [2.24, 2.45) is 5.92 Å². The molecule has 0 aromatic heterocycles. The molecule has 2 heterocycles. The van der Waals surface area contributed by atoms with Crippen LogP contribution < -0.4 is 0 Å². The maximum Gasteiger partial charge on any atom is 0.374 e. The number of carboxylic acids is 1. The van der Waals surface area contributed by atoms with Crippen molar-refractivity contribution in [3.05, 3.63) is 23.5 Å². The van der Waals surface area contributed by atoms with Gasteiger partial charge in [-0.15, -0.1) is 0 Å². The van der Waals surface area contributed by atoms with E-state index in [2.05, 4.69) is 19.1 Å². The zero-order valence-electron chi connectivity index (χ0n) is 21.2. The second kappa shape index (κ2) is 14.5. The minimum atomic E-state index is -1.07. The van der Waals surface area contributed by atoms with E-state index < -0.39 is 41.6 Å². The van der Waals surface area contributed by atoms with Crippen LogP contribution in [-0.4, -0.2) is 46.8 Å². The van der Waals surface area contributed by atoms with Crippen LogP contribution >= 0.6 is 0 Å². The lowest BCUT2D eigenvalue weighted by Crippen LogP contribution is -2.36. The highest BCUT2D eigenvalue weighted by atomic mass is 16.8. The van der Waals surface area contributed by atoms with E-state index >= 15 is 0 Å². The first-order chi connectivity index (χ1) is 16.3. The van der Waals surface area contributed by atoms with Crippen LogP contribution in [0.15, 0.2) is 23.5 Å². The van der Waals surface area contributed by atoms with E-state index in [9.17, 15) is 19.8 Å². The molecule has 7 heteroatoms. The third-order valence-electron chi connectivity index (χ3n) is 6.55. The molecule has 2 aliphatic heterocycles. The number of aliphatic carboxylic acids is 1. The second-order valence-electron chi connectivity index (χ2n) is 9.91. The van der Waals surface area contributed by atoms with Gasteiger partial charge in [0.1, 0.15) is 6.10 Å². The van der Waals surface area contributed by atoms with Crippen LogP contribution in [0.25, 0.3) is 0 Å². The Labute approximate surface area is 204 Å². The van der Waals surface area contributed by atoms with E-state index in [0.29, 0.717) is 12.8 Å². The van der Waals surface area contributed by atoms with Crippen LogP contribution in [0, 0.1) is 5.92 Å². The largest absolute Gasteiger partial charge is 0.502 e. The summed E-state index contributed by atoms with van der Waals surface area (Å²) < 4.78 is 16.6. The van der Waals surface area contributed by atoms with E-state index in [-0.39, 0.29) is 12.2 Å². The topological polar surface area (TPSA) is 102 Å². The average molecular weight is 481 g/mol. The van der Waals surface area contributed by atoms with Gasteiger partial charge in [0, 0.05) is 5.57 Å². The molecule has 0 spiro atoms. The summed E-state index contributed by atoms with van der Waals surface area (Å²) >= 11 is 0. The highest BCUT2D eigenvalue weighted by Gasteiger charge is 2.49. The van der Waals surface area contributed by atoms with Crippen LogP contribution in [0.4, 0.5) is 0 Å². The summed E-state index contributed by atoms with van der Waals surface area (Å²) in [7, 11) is 0. The van der Waals surface area contributed by atoms with E-state index in [4.69, 9.17) is 14.2 Å². The summed E-state index contributed by atoms with van der Waals surface area (Å²) in [5, 5.41) is 20.1. The number of hydrogen-bond donors (Lipinski definition) is 2. The number of hydrogen-bond acceptors (Lipinski definition) is 6. The third kappa shape index (κ3) is 9.06. The number of carbonyl (C=O) groups is 2. The van der Waals surface area contributed by atoms with Gasteiger partial charge in [-0.25, -0.2) is 4.79 Å². The molecular formula is C27H44O7. The molecule has 1 fully saturated rings. The molecule has 0 aromatic rings. The van der Waals surface area contributed by atoms with Crippen LogP contribution in [0.1, 0.15) is 104 Å². The SMILES string of the molecule is CCCCCCCC/C=C\CCCCCCC(C(=O)O)C1=C(O)C(=O)OC1C1COC(C)(C)O1. The number of aliphatic hydroxyl groups is 1. The summed E-state index contributed by atoms with van der Waals surface area (Å²) in [6.07, 6.45) is 17.1. The smallest absolute Gasteiger partial charge is 0.374 e. The van der Waals surface area contributed by atoms with Crippen molar-refractivity contribution >= 4 is 11.9 Å². The molecule has 3 unspecified atom stereocenters. The summed E-state index contributed by atoms with van der Waals surface area (Å²) in [6.45, 7) is 5.89. The molecule has 1 saturated heterocycles. The molecule has 0 bridgehead atoms. The van der Waals surface area contributed by atoms with Gasteiger partial charge in [-0.05, 0) is 46.0 Å². The van der Waals surface area contributed by atoms with Crippen molar-refractivity contribution in [2.45, 2.75) is 122 Å². The number of allylic oxidation sites excluding steroid dienone is 2. The van der Waals surface area contributed by atoms with Crippen molar-refractivity contribution in [1.29, 1.82) is 0 Å². The molecule has 0 aromatic carbocycles. The molecule has 2 aliphatic rings. The lowest BCUT2D eigenvalue weighted by Gasteiger charge is -2.24. The van der Waals surface area contributed by atoms with Gasteiger partial charge in [0.2, 0.25) is 5.76 Å². The van der Waals surface area contributed by atoms with Crippen LogP contribution in [0.5, 0.6) is 0 Å². The molecule has 3 atom stereocenters. The molecular weight excluding hydrogens is 436 g/mol. The molecule has 7 nitrogen and oxygen atoms in total. The predicted molar refractivity (Wildman–Crippen MR) is 130 cm³/mol. The normalized spacial score (nSPS) is 23.1. The first-order valence-electron chi connectivity index (χ1n) is 13.1. The predicted octanol–water partition coefficient (Wildman–Crippen LogP) is 6.22. The maximum absolute atomic E-state index is 12.0. The Kier molecular flexibility index (Phi) is 12.1. The van der Waals surface area contributed by atoms with Gasteiger partial charge in [-0.2, -0.15) is 0 Å². The quantitative estimate of drug-likeness (QED) is 0.145. The van der Waals surface area contributed by atoms with Gasteiger partial charge in [-0.1, -0.05) is 70.4 Å². The van der Waals surface area contributed by atoms with Gasteiger partial charge in [0.15, 0.2) is 11.9 Å². The zero-order chi connectivity index (χ0) is 25.0. The van der Waals surface area contributed by atoms with Crippen molar-refractivity contribution in [2.75, 3.05) is 6.61 Å². The lowest BCUT2D eigenvalue weighted by atomic mass is 9.87. The number of rotatable bonds is 17.